The van der Waals surface area contributed by atoms with Gasteiger partial charge in [-0.2, -0.15) is 0 Å². The summed E-state index contributed by atoms with van der Waals surface area (Å²) in [5.74, 6) is 0.628. The van der Waals surface area contributed by atoms with Crippen LogP contribution in [0.1, 0.15) is 16.1 Å². The standard InChI is InChI=1S/C16H14N2O2/c19-16(17-12-15-4-3-11-20-15)13-5-7-14(8-6-13)18-9-1-2-10-18/h1-11H,12H2,(H,17,19). The number of furan rings is 1. The van der Waals surface area contributed by atoms with Crippen molar-refractivity contribution in [2.75, 3.05) is 0 Å². The number of aromatic nitrogens is 1. The molecule has 3 rings (SSSR count). The third kappa shape index (κ3) is 2.64. The molecule has 4 heteroatoms. The molecule has 20 heavy (non-hydrogen) atoms. The zero-order chi connectivity index (χ0) is 13.8. The summed E-state index contributed by atoms with van der Waals surface area (Å²) >= 11 is 0. The predicted molar refractivity (Wildman–Crippen MR) is 75.6 cm³/mol. The smallest absolute Gasteiger partial charge is 0.251 e. The lowest BCUT2D eigenvalue weighted by Gasteiger charge is -2.06. The van der Waals surface area contributed by atoms with E-state index in [4.69, 9.17) is 4.42 Å². The van der Waals surface area contributed by atoms with Gasteiger partial charge < -0.3 is 14.3 Å². The molecular formula is C16H14N2O2. The van der Waals surface area contributed by atoms with Crippen LogP contribution >= 0.6 is 0 Å². The van der Waals surface area contributed by atoms with Crippen LogP contribution in [-0.4, -0.2) is 10.5 Å². The molecule has 0 saturated heterocycles. The summed E-state index contributed by atoms with van der Waals surface area (Å²) < 4.78 is 7.16. The molecule has 4 nitrogen and oxygen atoms in total. The Morgan fingerprint density at radius 2 is 1.80 bits per heavy atom. The van der Waals surface area contributed by atoms with Crippen LogP contribution in [-0.2, 0) is 6.54 Å². The van der Waals surface area contributed by atoms with Crippen LogP contribution in [0.5, 0.6) is 0 Å². The van der Waals surface area contributed by atoms with Crippen molar-refractivity contribution in [3.63, 3.8) is 0 Å². The average molecular weight is 266 g/mol. The predicted octanol–water partition coefficient (Wildman–Crippen LogP) is 3.00. The minimum absolute atomic E-state index is 0.111. The molecule has 0 radical (unpaired) electrons. The van der Waals surface area contributed by atoms with Gasteiger partial charge in [0.1, 0.15) is 5.76 Å². The van der Waals surface area contributed by atoms with E-state index in [2.05, 4.69) is 5.32 Å². The van der Waals surface area contributed by atoms with Crippen molar-refractivity contribution < 1.29 is 9.21 Å². The SMILES string of the molecule is O=C(NCc1ccco1)c1ccc(-n2cccc2)cc1. The quantitative estimate of drug-likeness (QED) is 0.789. The Morgan fingerprint density at radius 1 is 1.05 bits per heavy atom. The number of benzene rings is 1. The van der Waals surface area contributed by atoms with Gasteiger partial charge in [-0.25, -0.2) is 0 Å². The van der Waals surface area contributed by atoms with Crippen LogP contribution in [0.3, 0.4) is 0 Å². The fourth-order valence-electron chi connectivity index (χ4n) is 1.97. The van der Waals surface area contributed by atoms with E-state index in [9.17, 15) is 4.79 Å². The Labute approximate surface area is 116 Å². The highest BCUT2D eigenvalue weighted by atomic mass is 16.3. The molecule has 1 N–H and O–H groups in total. The lowest BCUT2D eigenvalue weighted by Crippen LogP contribution is -2.22. The van der Waals surface area contributed by atoms with Crippen molar-refractivity contribution in [1.82, 2.24) is 9.88 Å². The van der Waals surface area contributed by atoms with Gasteiger partial charge in [0.05, 0.1) is 12.8 Å². The van der Waals surface area contributed by atoms with Crippen LogP contribution in [0.2, 0.25) is 0 Å². The summed E-state index contributed by atoms with van der Waals surface area (Å²) in [6.07, 6.45) is 5.52. The molecule has 2 aromatic heterocycles. The lowest BCUT2D eigenvalue weighted by atomic mass is 10.2. The van der Waals surface area contributed by atoms with Gasteiger partial charge in [-0.1, -0.05) is 0 Å². The molecule has 0 aliphatic carbocycles. The largest absolute Gasteiger partial charge is 0.467 e. The first-order chi connectivity index (χ1) is 9.83. The highest BCUT2D eigenvalue weighted by molar-refractivity contribution is 5.94. The number of hydrogen-bond acceptors (Lipinski definition) is 2. The second-order valence-electron chi connectivity index (χ2n) is 4.40. The minimum atomic E-state index is -0.111. The normalized spacial score (nSPS) is 10.4. The molecule has 0 unspecified atom stereocenters. The van der Waals surface area contributed by atoms with Crippen LogP contribution in [0, 0.1) is 0 Å². The number of nitrogens with one attached hydrogen (secondary N) is 1. The Morgan fingerprint density at radius 3 is 2.45 bits per heavy atom. The van der Waals surface area contributed by atoms with E-state index < -0.39 is 0 Å². The molecule has 2 heterocycles. The summed E-state index contributed by atoms with van der Waals surface area (Å²) in [4.78, 5) is 12.0. The third-order valence-electron chi connectivity index (χ3n) is 3.04. The number of hydrogen-bond donors (Lipinski definition) is 1. The summed E-state index contributed by atoms with van der Waals surface area (Å²) in [7, 11) is 0. The van der Waals surface area contributed by atoms with E-state index in [1.807, 2.05) is 59.4 Å². The number of carbonyl (C=O) groups excluding carboxylic acids is 1. The van der Waals surface area contributed by atoms with E-state index in [1.54, 1.807) is 12.3 Å². The number of carbonyl (C=O) groups is 1. The molecule has 0 aliphatic heterocycles. The minimum Gasteiger partial charge on any atom is -0.467 e. The molecule has 1 amide bonds. The maximum Gasteiger partial charge on any atom is 0.251 e. The van der Waals surface area contributed by atoms with E-state index in [0.717, 1.165) is 11.4 Å². The van der Waals surface area contributed by atoms with Crippen LogP contribution in [0.4, 0.5) is 0 Å². The zero-order valence-corrected chi connectivity index (χ0v) is 10.8. The van der Waals surface area contributed by atoms with E-state index >= 15 is 0 Å². The Balaban J connectivity index is 1.66. The molecule has 100 valence electrons. The van der Waals surface area contributed by atoms with Crippen LogP contribution < -0.4 is 5.32 Å². The summed E-state index contributed by atoms with van der Waals surface area (Å²) in [5.41, 5.74) is 1.66. The van der Waals surface area contributed by atoms with Crippen LogP contribution in [0.15, 0.2) is 71.6 Å². The number of nitrogens with zero attached hydrogens (tertiary/aromatic N) is 1. The van der Waals surface area contributed by atoms with Gasteiger partial charge in [-0.05, 0) is 48.5 Å². The number of rotatable bonds is 4. The van der Waals surface area contributed by atoms with Crippen molar-refractivity contribution in [2.24, 2.45) is 0 Å². The molecule has 0 saturated carbocycles. The maximum atomic E-state index is 12.0. The van der Waals surface area contributed by atoms with Crippen molar-refractivity contribution >= 4 is 5.91 Å². The van der Waals surface area contributed by atoms with Crippen molar-refractivity contribution in [2.45, 2.75) is 6.54 Å². The highest BCUT2D eigenvalue weighted by Gasteiger charge is 2.06. The van der Waals surface area contributed by atoms with E-state index in [0.29, 0.717) is 12.1 Å². The van der Waals surface area contributed by atoms with E-state index in [-0.39, 0.29) is 5.91 Å². The molecular weight excluding hydrogens is 252 g/mol. The fraction of sp³-hybridized carbons (Fsp3) is 0.0625. The molecule has 0 spiro atoms. The Hall–Kier alpha value is -2.75. The fourth-order valence-corrected chi connectivity index (χ4v) is 1.97. The first-order valence-corrected chi connectivity index (χ1v) is 6.37. The average Bonchev–Trinajstić information content (AvgIpc) is 3.18. The van der Waals surface area contributed by atoms with Crippen molar-refractivity contribution in [3.8, 4) is 5.69 Å². The van der Waals surface area contributed by atoms with Crippen LogP contribution in [0.25, 0.3) is 5.69 Å². The zero-order valence-electron chi connectivity index (χ0n) is 10.8. The topological polar surface area (TPSA) is 47.2 Å². The lowest BCUT2D eigenvalue weighted by molar-refractivity contribution is 0.0948. The first kappa shape index (κ1) is 12.3. The van der Waals surface area contributed by atoms with E-state index in [1.165, 1.54) is 0 Å². The maximum absolute atomic E-state index is 12.0. The van der Waals surface area contributed by atoms with Gasteiger partial charge in [-0.3, -0.25) is 4.79 Å². The molecule has 0 bridgehead atoms. The number of amides is 1. The van der Waals surface area contributed by atoms with Gasteiger partial charge in [0.15, 0.2) is 0 Å². The molecule has 0 aliphatic rings. The Bertz CT molecular complexity index is 668. The van der Waals surface area contributed by atoms with Crippen molar-refractivity contribution in [1.29, 1.82) is 0 Å². The Kier molecular flexibility index (Phi) is 3.37. The molecule has 0 atom stereocenters. The summed E-state index contributed by atoms with van der Waals surface area (Å²) in [6.45, 7) is 0.394. The van der Waals surface area contributed by atoms with Gasteiger partial charge in [-0.15, -0.1) is 0 Å². The molecule has 3 aromatic rings. The highest BCUT2D eigenvalue weighted by Crippen LogP contribution is 2.10. The van der Waals surface area contributed by atoms with Gasteiger partial charge in [0, 0.05) is 23.6 Å². The molecule has 1 aromatic carbocycles. The summed E-state index contributed by atoms with van der Waals surface area (Å²) in [6, 6.07) is 15.0. The second kappa shape index (κ2) is 5.48. The third-order valence-corrected chi connectivity index (χ3v) is 3.04. The van der Waals surface area contributed by atoms with Gasteiger partial charge >= 0.3 is 0 Å². The monoisotopic (exact) mass is 266 g/mol. The second-order valence-corrected chi connectivity index (χ2v) is 4.40. The van der Waals surface area contributed by atoms with Gasteiger partial charge in [0.25, 0.3) is 5.91 Å². The summed E-state index contributed by atoms with van der Waals surface area (Å²) in [5, 5.41) is 2.82. The first-order valence-electron chi connectivity index (χ1n) is 6.37. The van der Waals surface area contributed by atoms with Crippen molar-refractivity contribution in [3.05, 3.63) is 78.5 Å². The van der Waals surface area contributed by atoms with Gasteiger partial charge in [0.2, 0.25) is 0 Å². The molecule has 0 fully saturated rings.